The molecule has 2 N–H and O–H groups in total. The Labute approximate surface area is 158 Å². The van der Waals surface area contributed by atoms with E-state index in [0.717, 1.165) is 22.4 Å². The third-order valence-corrected chi connectivity index (χ3v) is 4.84. The number of anilines is 1. The van der Waals surface area contributed by atoms with Crippen molar-refractivity contribution in [3.63, 3.8) is 0 Å². The lowest BCUT2D eigenvalue weighted by Gasteiger charge is -2.09. The smallest absolute Gasteiger partial charge is 0.234 e. The molecular weight excluding hydrogens is 334 g/mol. The zero-order chi connectivity index (χ0) is 18.8. The summed E-state index contributed by atoms with van der Waals surface area (Å²) in [5.74, 6) is 1.15. The third kappa shape index (κ3) is 3.47. The highest BCUT2D eigenvalue weighted by atomic mass is 16.5. The highest BCUT2D eigenvalue weighted by Crippen LogP contribution is 2.29. The van der Waals surface area contributed by atoms with E-state index in [-0.39, 0.29) is 5.92 Å². The van der Waals surface area contributed by atoms with Crippen LogP contribution in [0.2, 0.25) is 0 Å². The Morgan fingerprint density at radius 1 is 0.852 bits per heavy atom. The minimum absolute atomic E-state index is 0.00212. The van der Waals surface area contributed by atoms with Crippen molar-refractivity contribution in [3.8, 4) is 22.5 Å². The van der Waals surface area contributed by atoms with Crippen LogP contribution in [0.4, 0.5) is 5.69 Å². The van der Waals surface area contributed by atoms with Crippen LogP contribution in [0.3, 0.4) is 0 Å². The third-order valence-electron chi connectivity index (χ3n) is 4.84. The molecule has 0 amide bonds. The molecule has 0 bridgehead atoms. The van der Waals surface area contributed by atoms with Crippen molar-refractivity contribution < 1.29 is 4.52 Å². The van der Waals surface area contributed by atoms with Gasteiger partial charge >= 0.3 is 0 Å². The molecule has 0 saturated carbocycles. The van der Waals surface area contributed by atoms with Gasteiger partial charge in [0.05, 0.1) is 5.92 Å². The van der Waals surface area contributed by atoms with Crippen molar-refractivity contribution in [1.29, 1.82) is 0 Å². The molecule has 4 heteroatoms. The highest BCUT2D eigenvalue weighted by Gasteiger charge is 2.18. The van der Waals surface area contributed by atoms with Crippen LogP contribution in [0.15, 0.2) is 77.3 Å². The molecule has 0 fully saturated rings. The second kappa shape index (κ2) is 7.08. The first-order valence-corrected chi connectivity index (χ1v) is 8.97. The Bertz CT molecular complexity index is 1070. The van der Waals surface area contributed by atoms with Gasteiger partial charge in [-0.1, -0.05) is 71.9 Å². The topological polar surface area (TPSA) is 64.9 Å². The van der Waals surface area contributed by atoms with Crippen LogP contribution in [0.5, 0.6) is 0 Å². The van der Waals surface area contributed by atoms with E-state index in [9.17, 15) is 0 Å². The van der Waals surface area contributed by atoms with E-state index < -0.39 is 0 Å². The molecule has 0 aliphatic rings. The van der Waals surface area contributed by atoms with Gasteiger partial charge in [-0.25, -0.2) is 0 Å². The average Bonchev–Trinajstić information content (AvgIpc) is 3.20. The number of aryl methyl sites for hydroxylation is 1. The molecule has 4 aromatic rings. The number of rotatable bonds is 4. The van der Waals surface area contributed by atoms with Gasteiger partial charge in [0.1, 0.15) is 0 Å². The van der Waals surface area contributed by atoms with Crippen molar-refractivity contribution in [1.82, 2.24) is 10.1 Å². The van der Waals surface area contributed by atoms with Gasteiger partial charge < -0.3 is 10.3 Å². The lowest BCUT2D eigenvalue weighted by Crippen LogP contribution is -1.97. The van der Waals surface area contributed by atoms with E-state index in [1.54, 1.807) is 0 Å². The maximum Gasteiger partial charge on any atom is 0.234 e. The fraction of sp³-hybridized carbons (Fsp3) is 0.130. The fourth-order valence-corrected chi connectivity index (χ4v) is 3.07. The molecule has 0 saturated heterocycles. The van der Waals surface area contributed by atoms with E-state index in [1.165, 1.54) is 11.1 Å². The molecule has 4 rings (SSSR count). The minimum Gasteiger partial charge on any atom is -0.398 e. The SMILES string of the molecule is Cc1ccc(-c2noc(C(C)c3cccc(-c4ccccc4)c3)n2)cc1N. The minimum atomic E-state index is -0.00212. The second-order valence-corrected chi connectivity index (χ2v) is 6.74. The summed E-state index contributed by atoms with van der Waals surface area (Å²) in [6, 6.07) is 24.6. The van der Waals surface area contributed by atoms with Crippen molar-refractivity contribution >= 4 is 5.69 Å². The number of aromatic nitrogens is 2. The van der Waals surface area contributed by atoms with Gasteiger partial charge in [-0.05, 0) is 42.2 Å². The van der Waals surface area contributed by atoms with Crippen LogP contribution >= 0.6 is 0 Å². The lowest BCUT2D eigenvalue weighted by molar-refractivity contribution is 0.371. The zero-order valence-corrected chi connectivity index (χ0v) is 15.4. The molecule has 0 spiro atoms. The predicted molar refractivity (Wildman–Crippen MR) is 108 cm³/mol. The molecule has 1 heterocycles. The lowest BCUT2D eigenvalue weighted by atomic mass is 9.96. The summed E-state index contributed by atoms with van der Waals surface area (Å²) in [6.07, 6.45) is 0. The van der Waals surface area contributed by atoms with Gasteiger partial charge in [-0.15, -0.1) is 0 Å². The van der Waals surface area contributed by atoms with Crippen molar-refractivity contribution in [2.45, 2.75) is 19.8 Å². The van der Waals surface area contributed by atoms with Crippen LogP contribution in [-0.2, 0) is 0 Å². The first-order chi connectivity index (χ1) is 13.1. The van der Waals surface area contributed by atoms with Gasteiger partial charge in [-0.3, -0.25) is 0 Å². The Morgan fingerprint density at radius 3 is 2.41 bits per heavy atom. The van der Waals surface area contributed by atoms with Crippen LogP contribution in [-0.4, -0.2) is 10.1 Å². The maximum atomic E-state index is 6.00. The quantitative estimate of drug-likeness (QED) is 0.495. The van der Waals surface area contributed by atoms with Crippen LogP contribution in [0.25, 0.3) is 22.5 Å². The molecule has 1 unspecified atom stereocenters. The first-order valence-electron chi connectivity index (χ1n) is 8.97. The molecule has 3 aromatic carbocycles. The number of hydrogen-bond donors (Lipinski definition) is 1. The molecule has 0 aliphatic carbocycles. The summed E-state index contributed by atoms with van der Waals surface area (Å²) in [6.45, 7) is 4.05. The Balaban J connectivity index is 1.63. The summed E-state index contributed by atoms with van der Waals surface area (Å²) < 4.78 is 5.55. The van der Waals surface area contributed by atoms with Crippen molar-refractivity contribution in [3.05, 3.63) is 89.8 Å². The molecule has 4 nitrogen and oxygen atoms in total. The van der Waals surface area contributed by atoms with Gasteiger partial charge in [0.15, 0.2) is 0 Å². The number of benzene rings is 3. The molecule has 27 heavy (non-hydrogen) atoms. The van der Waals surface area contributed by atoms with E-state index >= 15 is 0 Å². The van der Waals surface area contributed by atoms with Crippen molar-refractivity contribution in [2.24, 2.45) is 0 Å². The largest absolute Gasteiger partial charge is 0.398 e. The van der Waals surface area contributed by atoms with E-state index in [2.05, 4.69) is 53.5 Å². The molecule has 0 aliphatic heterocycles. The summed E-state index contributed by atoms with van der Waals surface area (Å²) in [5, 5.41) is 4.14. The highest BCUT2D eigenvalue weighted by molar-refractivity contribution is 5.65. The first kappa shape index (κ1) is 17.0. The van der Waals surface area contributed by atoms with Gasteiger partial charge in [0.25, 0.3) is 0 Å². The standard InChI is InChI=1S/C23H21N3O/c1-15-11-12-20(14-21(15)24)22-25-23(27-26-22)16(2)18-9-6-10-19(13-18)17-7-4-3-5-8-17/h3-14,16H,24H2,1-2H3. The molecular formula is C23H21N3O. The zero-order valence-electron chi connectivity index (χ0n) is 15.4. The van der Waals surface area contributed by atoms with Gasteiger partial charge in [0.2, 0.25) is 11.7 Å². The molecule has 0 radical (unpaired) electrons. The summed E-state index contributed by atoms with van der Waals surface area (Å²) in [4.78, 5) is 4.60. The average molecular weight is 355 g/mol. The van der Waals surface area contributed by atoms with E-state index in [1.807, 2.05) is 43.3 Å². The van der Waals surface area contributed by atoms with Crippen LogP contribution < -0.4 is 5.73 Å². The number of nitrogen functional groups attached to an aromatic ring is 1. The number of hydrogen-bond acceptors (Lipinski definition) is 4. The van der Waals surface area contributed by atoms with E-state index in [0.29, 0.717) is 11.7 Å². The molecule has 1 aromatic heterocycles. The van der Waals surface area contributed by atoms with Crippen LogP contribution in [0, 0.1) is 6.92 Å². The fourth-order valence-electron chi connectivity index (χ4n) is 3.07. The van der Waals surface area contributed by atoms with Gasteiger partial charge in [-0.2, -0.15) is 4.98 Å². The second-order valence-electron chi connectivity index (χ2n) is 6.74. The normalized spacial score (nSPS) is 12.1. The Hall–Kier alpha value is -3.40. The monoisotopic (exact) mass is 355 g/mol. The summed E-state index contributed by atoms with van der Waals surface area (Å²) in [7, 11) is 0. The number of nitrogens with zero attached hydrogens (tertiary/aromatic N) is 2. The van der Waals surface area contributed by atoms with Gasteiger partial charge in [0, 0.05) is 11.3 Å². The van der Waals surface area contributed by atoms with Crippen LogP contribution in [0.1, 0.15) is 29.9 Å². The summed E-state index contributed by atoms with van der Waals surface area (Å²) in [5.41, 5.74) is 12.1. The van der Waals surface area contributed by atoms with Crippen molar-refractivity contribution in [2.75, 3.05) is 5.73 Å². The maximum absolute atomic E-state index is 6.00. The summed E-state index contributed by atoms with van der Waals surface area (Å²) >= 11 is 0. The molecule has 134 valence electrons. The number of nitrogens with two attached hydrogens (primary N) is 1. The predicted octanol–water partition coefficient (Wildman–Crippen LogP) is 5.45. The molecule has 1 atom stereocenters. The Morgan fingerprint density at radius 2 is 1.63 bits per heavy atom. The van der Waals surface area contributed by atoms with E-state index in [4.69, 9.17) is 10.3 Å². The Kier molecular flexibility index (Phi) is 4.47.